The molecule has 1 aliphatic heterocycles. The van der Waals surface area contributed by atoms with Gasteiger partial charge in [-0.1, -0.05) is 33.1 Å². The van der Waals surface area contributed by atoms with Crippen molar-refractivity contribution in [2.24, 2.45) is 0 Å². The summed E-state index contributed by atoms with van der Waals surface area (Å²) in [5, 5.41) is 2.83. The summed E-state index contributed by atoms with van der Waals surface area (Å²) in [6, 6.07) is -0.271. The van der Waals surface area contributed by atoms with Crippen LogP contribution in [-0.2, 0) is 9.59 Å². The van der Waals surface area contributed by atoms with Gasteiger partial charge >= 0.3 is 0 Å². The molecule has 1 heterocycles. The van der Waals surface area contributed by atoms with Crippen molar-refractivity contribution in [3.63, 3.8) is 0 Å². The molecule has 0 radical (unpaired) electrons. The van der Waals surface area contributed by atoms with Crippen LogP contribution in [0.5, 0.6) is 0 Å². The Morgan fingerprint density at radius 2 is 1.83 bits per heavy atom. The predicted molar refractivity (Wildman–Crippen MR) is 72.2 cm³/mol. The number of nitrogens with zero attached hydrogens (tertiary/aromatic N) is 1. The van der Waals surface area contributed by atoms with Crippen LogP contribution >= 0.6 is 0 Å². The Morgan fingerprint density at radius 3 is 2.39 bits per heavy atom. The average molecular weight is 254 g/mol. The molecular formula is C14H26N2O2. The van der Waals surface area contributed by atoms with Gasteiger partial charge in [-0.05, 0) is 26.7 Å². The SMILES string of the molecule is CCCCCN1C(=O)C(C)(C)NC(=O)C1CCC. The number of carbonyl (C=O) groups is 2. The first-order chi connectivity index (χ1) is 8.44. The lowest BCUT2D eigenvalue weighted by atomic mass is 9.94. The van der Waals surface area contributed by atoms with Crippen LogP contribution in [0.2, 0.25) is 0 Å². The van der Waals surface area contributed by atoms with Crippen molar-refractivity contribution in [1.82, 2.24) is 10.2 Å². The molecule has 0 aromatic rings. The zero-order valence-corrected chi connectivity index (χ0v) is 12.1. The molecule has 4 heteroatoms. The van der Waals surface area contributed by atoms with Crippen molar-refractivity contribution >= 4 is 11.8 Å². The first-order valence-electron chi connectivity index (χ1n) is 7.07. The first-order valence-corrected chi connectivity index (χ1v) is 7.07. The van der Waals surface area contributed by atoms with Crippen molar-refractivity contribution < 1.29 is 9.59 Å². The van der Waals surface area contributed by atoms with Gasteiger partial charge < -0.3 is 10.2 Å². The van der Waals surface area contributed by atoms with E-state index in [2.05, 4.69) is 12.2 Å². The van der Waals surface area contributed by atoms with Crippen LogP contribution in [-0.4, -0.2) is 34.8 Å². The Balaban J connectivity index is 2.80. The molecular weight excluding hydrogens is 228 g/mol. The lowest BCUT2D eigenvalue weighted by Gasteiger charge is -2.43. The van der Waals surface area contributed by atoms with E-state index in [9.17, 15) is 9.59 Å². The molecule has 0 aromatic heterocycles. The van der Waals surface area contributed by atoms with E-state index in [0.29, 0.717) is 6.54 Å². The largest absolute Gasteiger partial charge is 0.340 e. The molecule has 1 N–H and O–H groups in total. The van der Waals surface area contributed by atoms with Crippen LogP contribution in [0.15, 0.2) is 0 Å². The Labute approximate surface area is 110 Å². The van der Waals surface area contributed by atoms with Crippen LogP contribution in [0.25, 0.3) is 0 Å². The van der Waals surface area contributed by atoms with Crippen LogP contribution in [0.1, 0.15) is 59.8 Å². The highest BCUT2D eigenvalue weighted by Gasteiger charge is 2.44. The summed E-state index contributed by atoms with van der Waals surface area (Å²) in [6.45, 7) is 8.44. The van der Waals surface area contributed by atoms with E-state index in [4.69, 9.17) is 0 Å². The fourth-order valence-electron chi connectivity index (χ4n) is 2.44. The summed E-state index contributed by atoms with van der Waals surface area (Å²) >= 11 is 0. The van der Waals surface area contributed by atoms with E-state index in [1.54, 1.807) is 18.7 Å². The van der Waals surface area contributed by atoms with Gasteiger partial charge in [0.1, 0.15) is 11.6 Å². The molecule has 1 fully saturated rings. The van der Waals surface area contributed by atoms with Gasteiger partial charge in [0, 0.05) is 6.54 Å². The Kier molecular flexibility index (Phi) is 5.17. The minimum absolute atomic E-state index is 0.00190. The second-order valence-corrected chi connectivity index (χ2v) is 5.62. The Hall–Kier alpha value is -1.06. The zero-order chi connectivity index (χ0) is 13.8. The molecule has 1 saturated heterocycles. The number of rotatable bonds is 6. The van der Waals surface area contributed by atoms with Crippen molar-refractivity contribution in [3.05, 3.63) is 0 Å². The molecule has 2 amide bonds. The highest BCUT2D eigenvalue weighted by Crippen LogP contribution is 2.21. The molecule has 104 valence electrons. The highest BCUT2D eigenvalue weighted by molar-refractivity contribution is 5.99. The van der Waals surface area contributed by atoms with E-state index in [0.717, 1.165) is 32.1 Å². The molecule has 0 spiro atoms. The van der Waals surface area contributed by atoms with Crippen LogP contribution in [0.3, 0.4) is 0 Å². The number of nitrogens with one attached hydrogen (secondary N) is 1. The van der Waals surface area contributed by atoms with Crippen LogP contribution < -0.4 is 5.32 Å². The molecule has 0 saturated carbocycles. The smallest absolute Gasteiger partial charge is 0.248 e. The quantitative estimate of drug-likeness (QED) is 0.738. The molecule has 1 unspecified atom stereocenters. The third-order valence-electron chi connectivity index (χ3n) is 3.47. The zero-order valence-electron chi connectivity index (χ0n) is 12.1. The second-order valence-electron chi connectivity index (χ2n) is 5.62. The van der Waals surface area contributed by atoms with Crippen molar-refractivity contribution in [2.75, 3.05) is 6.54 Å². The van der Waals surface area contributed by atoms with Crippen molar-refractivity contribution in [2.45, 2.75) is 71.4 Å². The molecule has 1 aliphatic rings. The molecule has 1 rings (SSSR count). The minimum Gasteiger partial charge on any atom is -0.340 e. The number of unbranched alkanes of at least 4 members (excludes halogenated alkanes) is 2. The average Bonchev–Trinajstić information content (AvgIpc) is 2.29. The van der Waals surface area contributed by atoms with E-state index in [1.807, 2.05) is 6.92 Å². The van der Waals surface area contributed by atoms with E-state index < -0.39 is 5.54 Å². The second kappa shape index (κ2) is 6.21. The van der Waals surface area contributed by atoms with Crippen LogP contribution in [0.4, 0.5) is 0 Å². The summed E-state index contributed by atoms with van der Waals surface area (Å²) in [6.07, 6.45) is 4.86. The van der Waals surface area contributed by atoms with Gasteiger partial charge in [-0.15, -0.1) is 0 Å². The molecule has 0 aliphatic carbocycles. The third-order valence-corrected chi connectivity index (χ3v) is 3.47. The Morgan fingerprint density at radius 1 is 1.17 bits per heavy atom. The van der Waals surface area contributed by atoms with Gasteiger partial charge in [0.15, 0.2) is 0 Å². The normalized spacial score (nSPS) is 23.1. The van der Waals surface area contributed by atoms with Gasteiger partial charge in [0.2, 0.25) is 11.8 Å². The lowest BCUT2D eigenvalue weighted by Crippen LogP contribution is -2.68. The van der Waals surface area contributed by atoms with E-state index in [-0.39, 0.29) is 17.9 Å². The third kappa shape index (κ3) is 3.24. The van der Waals surface area contributed by atoms with Crippen molar-refractivity contribution in [3.8, 4) is 0 Å². The fraction of sp³-hybridized carbons (Fsp3) is 0.857. The summed E-state index contributed by atoms with van der Waals surface area (Å²) in [4.78, 5) is 26.3. The maximum Gasteiger partial charge on any atom is 0.248 e. The monoisotopic (exact) mass is 254 g/mol. The van der Waals surface area contributed by atoms with Gasteiger partial charge in [-0.3, -0.25) is 9.59 Å². The summed E-state index contributed by atoms with van der Waals surface area (Å²) < 4.78 is 0. The molecule has 1 atom stereocenters. The van der Waals surface area contributed by atoms with Crippen molar-refractivity contribution in [1.29, 1.82) is 0 Å². The first kappa shape index (κ1) is 15.0. The number of hydrogen-bond donors (Lipinski definition) is 1. The minimum atomic E-state index is -0.756. The number of amides is 2. The van der Waals surface area contributed by atoms with Gasteiger partial charge in [0.25, 0.3) is 0 Å². The maximum atomic E-state index is 12.4. The van der Waals surface area contributed by atoms with Crippen LogP contribution in [0, 0.1) is 0 Å². The van der Waals surface area contributed by atoms with E-state index >= 15 is 0 Å². The summed E-state index contributed by atoms with van der Waals surface area (Å²) in [5.41, 5.74) is -0.756. The standard InChI is InChI=1S/C14H26N2O2/c1-5-7-8-10-16-11(9-6-2)12(17)15-14(3,4)13(16)18/h11H,5-10H2,1-4H3,(H,15,17). The summed E-state index contributed by atoms with van der Waals surface area (Å²) in [5.74, 6) is 0.0506. The van der Waals surface area contributed by atoms with E-state index in [1.165, 1.54) is 0 Å². The van der Waals surface area contributed by atoms with Gasteiger partial charge in [0.05, 0.1) is 0 Å². The van der Waals surface area contributed by atoms with Gasteiger partial charge in [-0.2, -0.15) is 0 Å². The highest BCUT2D eigenvalue weighted by atomic mass is 16.2. The fourth-order valence-corrected chi connectivity index (χ4v) is 2.44. The number of carbonyl (C=O) groups excluding carboxylic acids is 2. The molecule has 4 nitrogen and oxygen atoms in total. The lowest BCUT2D eigenvalue weighted by molar-refractivity contribution is -0.153. The van der Waals surface area contributed by atoms with Gasteiger partial charge in [-0.25, -0.2) is 0 Å². The topological polar surface area (TPSA) is 49.4 Å². The predicted octanol–water partition coefficient (Wildman–Crippen LogP) is 2.08. The number of hydrogen-bond acceptors (Lipinski definition) is 2. The Bertz CT molecular complexity index is 313. The molecule has 0 bridgehead atoms. The number of piperazine rings is 1. The molecule has 18 heavy (non-hydrogen) atoms. The summed E-state index contributed by atoms with van der Waals surface area (Å²) in [7, 11) is 0. The molecule has 0 aromatic carbocycles. The maximum absolute atomic E-state index is 12.4.